The molecular formula is C16H36O6P2. The third-order valence-corrected chi connectivity index (χ3v) is 6.62. The van der Waals surface area contributed by atoms with E-state index in [2.05, 4.69) is 13.8 Å². The number of hydrogen-bond acceptors (Lipinski definition) is 4. The Labute approximate surface area is 147 Å². The maximum atomic E-state index is 12.7. The quantitative estimate of drug-likeness (QED) is 0.259. The maximum absolute atomic E-state index is 12.7. The summed E-state index contributed by atoms with van der Waals surface area (Å²) in [4.78, 5) is 17.6. The zero-order chi connectivity index (χ0) is 18.3. The van der Waals surface area contributed by atoms with Gasteiger partial charge in [0.15, 0.2) is 0 Å². The third kappa shape index (κ3) is 15.8. The molecule has 146 valence electrons. The minimum absolute atomic E-state index is 0.0290. The van der Waals surface area contributed by atoms with Gasteiger partial charge in [0, 0.05) is 6.16 Å². The van der Waals surface area contributed by atoms with E-state index in [4.69, 9.17) is 18.8 Å². The second kappa shape index (κ2) is 14.5. The summed E-state index contributed by atoms with van der Waals surface area (Å²) in [5.41, 5.74) is 0. The molecule has 8 heteroatoms. The van der Waals surface area contributed by atoms with Crippen LogP contribution < -0.4 is 0 Å². The van der Waals surface area contributed by atoms with E-state index in [1.165, 1.54) is 0 Å². The van der Waals surface area contributed by atoms with Crippen LogP contribution >= 0.6 is 15.2 Å². The predicted molar refractivity (Wildman–Crippen MR) is 98.8 cm³/mol. The monoisotopic (exact) mass is 386 g/mol. The third-order valence-electron chi connectivity index (χ3n) is 3.70. The van der Waals surface area contributed by atoms with E-state index >= 15 is 0 Å². The van der Waals surface area contributed by atoms with Crippen molar-refractivity contribution in [2.75, 3.05) is 25.5 Å². The Kier molecular flexibility index (Phi) is 14.6. The first-order valence-electron chi connectivity index (χ1n) is 9.25. The SMILES string of the molecule is CCCCOP(=O)(CCCCCCCCP(=O)(O)O)OCCCC. The highest BCUT2D eigenvalue weighted by atomic mass is 31.2. The van der Waals surface area contributed by atoms with Gasteiger partial charge in [-0.15, -0.1) is 0 Å². The molecule has 24 heavy (non-hydrogen) atoms. The first-order valence-corrected chi connectivity index (χ1v) is 12.8. The van der Waals surface area contributed by atoms with E-state index in [9.17, 15) is 9.13 Å². The topological polar surface area (TPSA) is 93.1 Å². The zero-order valence-electron chi connectivity index (χ0n) is 15.3. The summed E-state index contributed by atoms with van der Waals surface area (Å²) in [6.07, 6.45) is 9.26. The van der Waals surface area contributed by atoms with Crippen LogP contribution in [0.4, 0.5) is 0 Å². The van der Waals surface area contributed by atoms with Crippen LogP contribution in [0.15, 0.2) is 0 Å². The minimum atomic E-state index is -3.85. The molecule has 0 rings (SSSR count). The highest BCUT2D eigenvalue weighted by molar-refractivity contribution is 7.53. The van der Waals surface area contributed by atoms with Gasteiger partial charge >= 0.3 is 15.2 Å². The fourth-order valence-electron chi connectivity index (χ4n) is 2.19. The Balaban J connectivity index is 3.87. The van der Waals surface area contributed by atoms with Gasteiger partial charge < -0.3 is 18.8 Å². The summed E-state index contributed by atoms with van der Waals surface area (Å²) in [5, 5.41) is 0. The maximum Gasteiger partial charge on any atom is 0.330 e. The van der Waals surface area contributed by atoms with Gasteiger partial charge in [-0.1, -0.05) is 52.4 Å². The molecule has 0 bridgehead atoms. The van der Waals surface area contributed by atoms with Crippen molar-refractivity contribution < 1.29 is 28.0 Å². The van der Waals surface area contributed by atoms with Crippen molar-refractivity contribution in [1.29, 1.82) is 0 Å². The van der Waals surface area contributed by atoms with Crippen molar-refractivity contribution >= 4 is 15.2 Å². The Morgan fingerprint density at radius 2 is 1.08 bits per heavy atom. The highest BCUT2D eigenvalue weighted by Gasteiger charge is 2.23. The van der Waals surface area contributed by atoms with Crippen LogP contribution in [0.5, 0.6) is 0 Å². The fourth-order valence-corrected chi connectivity index (χ4v) is 4.59. The molecule has 0 saturated heterocycles. The van der Waals surface area contributed by atoms with Crippen LogP contribution in [0, 0.1) is 0 Å². The summed E-state index contributed by atoms with van der Waals surface area (Å²) in [6, 6.07) is 0. The number of hydrogen-bond donors (Lipinski definition) is 2. The van der Waals surface area contributed by atoms with Crippen LogP contribution in [0.1, 0.15) is 78.1 Å². The van der Waals surface area contributed by atoms with Crippen LogP contribution in [0.25, 0.3) is 0 Å². The molecule has 0 fully saturated rings. The van der Waals surface area contributed by atoms with Gasteiger partial charge in [-0.25, -0.2) is 0 Å². The van der Waals surface area contributed by atoms with Gasteiger partial charge in [0.2, 0.25) is 0 Å². The van der Waals surface area contributed by atoms with E-state index in [0.717, 1.165) is 57.8 Å². The molecule has 6 nitrogen and oxygen atoms in total. The van der Waals surface area contributed by atoms with Crippen molar-refractivity contribution in [1.82, 2.24) is 0 Å². The van der Waals surface area contributed by atoms with Gasteiger partial charge in [-0.05, 0) is 25.7 Å². The number of rotatable bonds is 17. The molecular weight excluding hydrogens is 350 g/mol. The lowest BCUT2D eigenvalue weighted by molar-refractivity contribution is 0.199. The predicted octanol–water partition coefficient (Wildman–Crippen LogP) is 5.33. The van der Waals surface area contributed by atoms with Crippen molar-refractivity contribution in [2.24, 2.45) is 0 Å². The molecule has 0 unspecified atom stereocenters. The number of unbranched alkanes of at least 4 members (excludes halogenated alkanes) is 7. The normalized spacial score (nSPS) is 12.7. The average molecular weight is 386 g/mol. The van der Waals surface area contributed by atoms with Gasteiger partial charge in [0.05, 0.1) is 19.4 Å². The summed E-state index contributed by atoms with van der Waals surface area (Å²) in [7, 11) is -6.81. The Bertz CT molecular complexity index is 369. The van der Waals surface area contributed by atoms with E-state index in [1.54, 1.807) is 0 Å². The second-order valence-electron chi connectivity index (χ2n) is 6.22. The van der Waals surface area contributed by atoms with Crippen LogP contribution in [0.3, 0.4) is 0 Å². The zero-order valence-corrected chi connectivity index (χ0v) is 17.1. The van der Waals surface area contributed by atoms with Crippen molar-refractivity contribution in [3.05, 3.63) is 0 Å². The molecule has 0 heterocycles. The molecule has 0 radical (unpaired) electrons. The van der Waals surface area contributed by atoms with Gasteiger partial charge in [0.25, 0.3) is 0 Å². The van der Waals surface area contributed by atoms with Gasteiger partial charge in [-0.2, -0.15) is 0 Å². The molecule has 0 atom stereocenters. The lowest BCUT2D eigenvalue weighted by atomic mass is 10.1. The summed E-state index contributed by atoms with van der Waals surface area (Å²) < 4.78 is 34.5. The molecule has 0 aromatic carbocycles. The van der Waals surface area contributed by atoms with Gasteiger partial charge in [-0.3, -0.25) is 9.13 Å². The Morgan fingerprint density at radius 3 is 1.50 bits per heavy atom. The fraction of sp³-hybridized carbons (Fsp3) is 1.00. The Hall–Kier alpha value is 0.300. The Morgan fingerprint density at radius 1 is 0.667 bits per heavy atom. The molecule has 0 aliphatic carbocycles. The second-order valence-corrected chi connectivity index (χ2v) is 10.2. The average Bonchev–Trinajstić information content (AvgIpc) is 2.49. The van der Waals surface area contributed by atoms with Crippen LogP contribution in [-0.4, -0.2) is 35.3 Å². The first-order chi connectivity index (χ1) is 11.3. The molecule has 0 saturated carbocycles. The molecule has 0 aromatic heterocycles. The first kappa shape index (κ1) is 24.3. The van der Waals surface area contributed by atoms with Gasteiger partial charge in [0.1, 0.15) is 0 Å². The summed E-state index contributed by atoms with van der Waals surface area (Å²) in [6.45, 7) is 5.11. The van der Waals surface area contributed by atoms with E-state index in [-0.39, 0.29) is 6.16 Å². The van der Waals surface area contributed by atoms with Crippen LogP contribution in [-0.2, 0) is 18.2 Å². The minimum Gasteiger partial charge on any atom is -0.324 e. The smallest absolute Gasteiger partial charge is 0.324 e. The molecule has 0 aliphatic heterocycles. The van der Waals surface area contributed by atoms with Crippen molar-refractivity contribution in [3.8, 4) is 0 Å². The summed E-state index contributed by atoms with van der Waals surface area (Å²) in [5.74, 6) is 0. The lowest BCUT2D eigenvalue weighted by Gasteiger charge is -2.18. The van der Waals surface area contributed by atoms with Crippen molar-refractivity contribution in [3.63, 3.8) is 0 Å². The molecule has 0 spiro atoms. The van der Waals surface area contributed by atoms with E-state index < -0.39 is 15.2 Å². The summed E-state index contributed by atoms with van der Waals surface area (Å²) >= 11 is 0. The largest absolute Gasteiger partial charge is 0.330 e. The molecule has 0 amide bonds. The van der Waals surface area contributed by atoms with Crippen LogP contribution in [0.2, 0.25) is 0 Å². The molecule has 2 N–H and O–H groups in total. The van der Waals surface area contributed by atoms with Crippen molar-refractivity contribution in [2.45, 2.75) is 78.1 Å². The van der Waals surface area contributed by atoms with E-state index in [0.29, 0.717) is 25.8 Å². The molecule has 0 aliphatic rings. The molecule has 0 aromatic rings. The standard InChI is InChI=1S/C16H36O6P2/c1-3-5-13-21-24(20,22-14-6-4-2)16-12-10-8-7-9-11-15-23(17,18)19/h3-16H2,1-2H3,(H2,17,18,19). The highest BCUT2D eigenvalue weighted by Crippen LogP contribution is 2.49. The lowest BCUT2D eigenvalue weighted by Crippen LogP contribution is -2.03. The van der Waals surface area contributed by atoms with E-state index in [1.807, 2.05) is 0 Å².